The Morgan fingerprint density at radius 2 is 2.10 bits per heavy atom. The first-order valence-corrected chi connectivity index (χ1v) is 6.80. The number of benzene rings is 1. The number of aromatic nitrogens is 1. The minimum absolute atomic E-state index is 0.0509. The Balaban J connectivity index is 2.31. The number of para-hydroxylation sites is 1. The van der Waals surface area contributed by atoms with E-state index in [1.807, 2.05) is 0 Å². The number of halogens is 1. The summed E-state index contributed by atoms with van der Waals surface area (Å²) in [5.74, 6) is -0.317. The number of pyridine rings is 1. The fourth-order valence-corrected chi connectivity index (χ4v) is 2.11. The molecule has 2 rings (SSSR count). The molecule has 0 aliphatic heterocycles. The molecule has 0 fully saturated rings. The van der Waals surface area contributed by atoms with Gasteiger partial charge < -0.3 is 14.6 Å². The van der Waals surface area contributed by atoms with Crippen LogP contribution in [0.15, 0.2) is 41.3 Å². The van der Waals surface area contributed by atoms with Crippen LogP contribution >= 0.6 is 0 Å². The summed E-state index contributed by atoms with van der Waals surface area (Å²) in [6.45, 7) is 3.45. The summed E-state index contributed by atoms with van der Waals surface area (Å²) in [5, 5.41) is 3.12. The SMILES string of the molecule is COCCNCc1cn(-c2ccccc2F)c(C)cc1=O. The van der Waals surface area contributed by atoms with Crippen molar-refractivity contribution >= 4 is 0 Å². The summed E-state index contributed by atoms with van der Waals surface area (Å²) >= 11 is 0. The molecule has 112 valence electrons. The van der Waals surface area contributed by atoms with Gasteiger partial charge in [-0.05, 0) is 19.1 Å². The largest absolute Gasteiger partial charge is 0.383 e. The lowest BCUT2D eigenvalue weighted by Gasteiger charge is -2.13. The van der Waals surface area contributed by atoms with E-state index in [4.69, 9.17) is 4.74 Å². The third kappa shape index (κ3) is 3.77. The van der Waals surface area contributed by atoms with E-state index in [0.717, 1.165) is 0 Å². The Morgan fingerprint density at radius 3 is 2.81 bits per heavy atom. The second kappa shape index (κ2) is 7.15. The second-order valence-electron chi connectivity index (χ2n) is 4.80. The van der Waals surface area contributed by atoms with Crippen molar-refractivity contribution in [2.24, 2.45) is 0 Å². The van der Waals surface area contributed by atoms with Crippen molar-refractivity contribution in [3.63, 3.8) is 0 Å². The summed E-state index contributed by atoms with van der Waals surface area (Å²) in [7, 11) is 1.62. The van der Waals surface area contributed by atoms with Crippen LogP contribution in [0.3, 0.4) is 0 Å². The lowest BCUT2D eigenvalue weighted by Crippen LogP contribution is -2.24. The topological polar surface area (TPSA) is 43.3 Å². The van der Waals surface area contributed by atoms with Gasteiger partial charge in [0.1, 0.15) is 5.82 Å². The molecule has 0 aliphatic rings. The van der Waals surface area contributed by atoms with Crippen LogP contribution in [-0.2, 0) is 11.3 Å². The number of hydrogen-bond donors (Lipinski definition) is 1. The van der Waals surface area contributed by atoms with E-state index in [9.17, 15) is 9.18 Å². The molecule has 0 atom stereocenters. The molecule has 0 saturated heterocycles. The van der Waals surface area contributed by atoms with Gasteiger partial charge in [-0.15, -0.1) is 0 Å². The predicted octanol–water partition coefficient (Wildman–Crippen LogP) is 2.02. The first-order chi connectivity index (χ1) is 10.1. The Morgan fingerprint density at radius 1 is 1.33 bits per heavy atom. The molecule has 5 heteroatoms. The molecule has 21 heavy (non-hydrogen) atoms. The van der Waals surface area contributed by atoms with Gasteiger partial charge in [0.25, 0.3) is 0 Å². The third-order valence-electron chi connectivity index (χ3n) is 3.23. The highest BCUT2D eigenvalue weighted by Crippen LogP contribution is 2.14. The van der Waals surface area contributed by atoms with Crippen LogP contribution in [0.4, 0.5) is 4.39 Å². The number of nitrogens with zero attached hydrogens (tertiary/aromatic N) is 1. The van der Waals surface area contributed by atoms with Crippen LogP contribution in [0.5, 0.6) is 0 Å². The van der Waals surface area contributed by atoms with Gasteiger partial charge in [0, 0.05) is 43.7 Å². The fourth-order valence-electron chi connectivity index (χ4n) is 2.11. The van der Waals surface area contributed by atoms with Crippen LogP contribution in [0, 0.1) is 12.7 Å². The van der Waals surface area contributed by atoms with Crippen molar-refractivity contribution in [1.82, 2.24) is 9.88 Å². The normalized spacial score (nSPS) is 10.8. The summed E-state index contributed by atoms with van der Waals surface area (Å²) in [4.78, 5) is 12.0. The quantitative estimate of drug-likeness (QED) is 0.828. The Bertz CT molecular complexity index is 668. The lowest BCUT2D eigenvalue weighted by molar-refractivity contribution is 0.199. The molecule has 0 saturated carbocycles. The highest BCUT2D eigenvalue weighted by atomic mass is 19.1. The summed E-state index contributed by atoms with van der Waals surface area (Å²) < 4.78 is 20.5. The van der Waals surface area contributed by atoms with Crippen molar-refractivity contribution in [3.8, 4) is 5.69 Å². The molecule has 1 heterocycles. The van der Waals surface area contributed by atoms with Crippen molar-refractivity contribution in [2.75, 3.05) is 20.3 Å². The third-order valence-corrected chi connectivity index (χ3v) is 3.23. The minimum Gasteiger partial charge on any atom is -0.383 e. The predicted molar refractivity (Wildman–Crippen MR) is 80.3 cm³/mol. The van der Waals surface area contributed by atoms with Crippen LogP contribution in [-0.4, -0.2) is 24.8 Å². The molecule has 1 aromatic heterocycles. The highest BCUT2D eigenvalue weighted by molar-refractivity contribution is 5.36. The van der Waals surface area contributed by atoms with Crippen LogP contribution in [0.2, 0.25) is 0 Å². The van der Waals surface area contributed by atoms with Gasteiger partial charge in [0.2, 0.25) is 0 Å². The smallest absolute Gasteiger partial charge is 0.186 e. The van der Waals surface area contributed by atoms with Gasteiger partial charge in [0.05, 0.1) is 12.3 Å². The number of methoxy groups -OCH3 is 1. The average Bonchev–Trinajstić information content (AvgIpc) is 2.46. The van der Waals surface area contributed by atoms with Crippen molar-refractivity contribution in [3.05, 3.63) is 63.8 Å². The molecule has 0 unspecified atom stereocenters. The average molecular weight is 290 g/mol. The molecule has 0 spiro atoms. The van der Waals surface area contributed by atoms with Gasteiger partial charge in [-0.25, -0.2) is 4.39 Å². The summed E-state index contributed by atoms with van der Waals surface area (Å²) in [5.41, 5.74) is 1.68. The molecule has 2 aromatic rings. The van der Waals surface area contributed by atoms with Crippen LogP contribution < -0.4 is 10.7 Å². The zero-order valence-corrected chi connectivity index (χ0v) is 12.2. The van der Waals surface area contributed by atoms with Crippen molar-refractivity contribution < 1.29 is 9.13 Å². The number of nitrogens with one attached hydrogen (secondary N) is 1. The van der Waals surface area contributed by atoms with E-state index in [1.54, 1.807) is 43.0 Å². The number of aryl methyl sites for hydroxylation is 1. The molecule has 0 amide bonds. The maximum atomic E-state index is 13.9. The van der Waals surface area contributed by atoms with Crippen LogP contribution in [0.1, 0.15) is 11.3 Å². The molecule has 0 bridgehead atoms. The Labute approximate surface area is 123 Å². The summed E-state index contributed by atoms with van der Waals surface area (Å²) in [6.07, 6.45) is 1.69. The Kier molecular flexibility index (Phi) is 5.25. The highest BCUT2D eigenvalue weighted by Gasteiger charge is 2.08. The number of rotatable bonds is 6. The van der Waals surface area contributed by atoms with E-state index in [0.29, 0.717) is 36.6 Å². The molecule has 1 aromatic carbocycles. The monoisotopic (exact) mass is 290 g/mol. The van der Waals surface area contributed by atoms with Gasteiger partial charge >= 0.3 is 0 Å². The first kappa shape index (κ1) is 15.4. The lowest BCUT2D eigenvalue weighted by atomic mass is 10.2. The van der Waals surface area contributed by atoms with Crippen molar-refractivity contribution in [1.29, 1.82) is 0 Å². The van der Waals surface area contributed by atoms with E-state index in [2.05, 4.69) is 5.32 Å². The maximum Gasteiger partial charge on any atom is 0.186 e. The van der Waals surface area contributed by atoms with Crippen LogP contribution in [0.25, 0.3) is 5.69 Å². The molecule has 0 aliphatic carbocycles. The number of ether oxygens (including phenoxy) is 1. The molecule has 1 N–H and O–H groups in total. The van der Waals surface area contributed by atoms with Gasteiger partial charge in [-0.2, -0.15) is 0 Å². The maximum absolute atomic E-state index is 13.9. The standard InChI is InChI=1S/C16H19FN2O2/c1-12-9-16(20)13(10-18-7-8-21-2)11-19(12)15-6-4-3-5-14(15)17/h3-6,9,11,18H,7-8,10H2,1-2H3. The molecule has 4 nitrogen and oxygen atoms in total. The first-order valence-electron chi connectivity index (χ1n) is 6.80. The van der Waals surface area contributed by atoms with Gasteiger partial charge in [0.15, 0.2) is 5.43 Å². The fraction of sp³-hybridized carbons (Fsp3) is 0.312. The van der Waals surface area contributed by atoms with E-state index in [-0.39, 0.29) is 11.2 Å². The van der Waals surface area contributed by atoms with Crippen molar-refractivity contribution in [2.45, 2.75) is 13.5 Å². The zero-order chi connectivity index (χ0) is 15.2. The molecular weight excluding hydrogens is 271 g/mol. The van der Waals surface area contributed by atoms with Gasteiger partial charge in [-0.3, -0.25) is 4.79 Å². The van der Waals surface area contributed by atoms with Gasteiger partial charge in [-0.1, -0.05) is 12.1 Å². The summed E-state index contributed by atoms with van der Waals surface area (Å²) in [6, 6.07) is 8.04. The molecular formula is C16H19FN2O2. The minimum atomic E-state index is -0.317. The van der Waals surface area contributed by atoms with E-state index >= 15 is 0 Å². The number of hydrogen-bond acceptors (Lipinski definition) is 3. The van der Waals surface area contributed by atoms with E-state index < -0.39 is 0 Å². The Hall–Kier alpha value is -1.98. The molecule has 0 radical (unpaired) electrons. The second-order valence-corrected chi connectivity index (χ2v) is 4.80. The zero-order valence-electron chi connectivity index (χ0n) is 12.2. The van der Waals surface area contributed by atoms with E-state index in [1.165, 1.54) is 12.1 Å².